The Balaban J connectivity index is 1.66. The molecule has 0 aliphatic rings. The SMILES string of the molecule is Fc1nc(F)c(F)c(NCCCNCCCNc2c(F)c(F)nc(F)c2F)c1F. The minimum absolute atomic E-state index is 0.0199. The van der Waals surface area contributed by atoms with Crippen LogP contribution in [-0.4, -0.2) is 36.1 Å². The highest BCUT2D eigenvalue weighted by Gasteiger charge is 2.21. The maximum atomic E-state index is 13.4. The Labute approximate surface area is 159 Å². The van der Waals surface area contributed by atoms with Crippen molar-refractivity contribution in [1.29, 1.82) is 0 Å². The van der Waals surface area contributed by atoms with E-state index in [1.54, 1.807) is 0 Å². The highest BCUT2D eigenvalue weighted by atomic mass is 19.2. The Morgan fingerprint density at radius 1 is 0.483 bits per heavy atom. The maximum Gasteiger partial charge on any atom is 0.253 e. The van der Waals surface area contributed by atoms with Crippen LogP contribution in [0.1, 0.15) is 12.8 Å². The molecule has 0 unspecified atom stereocenters. The Hall–Kier alpha value is -2.70. The zero-order chi connectivity index (χ0) is 21.6. The number of hydrogen-bond donors (Lipinski definition) is 3. The molecule has 160 valence electrons. The molecular formula is C16H15F8N5. The van der Waals surface area contributed by atoms with E-state index >= 15 is 0 Å². The summed E-state index contributed by atoms with van der Waals surface area (Å²) in [6, 6.07) is 0. The van der Waals surface area contributed by atoms with Crippen LogP contribution in [0.2, 0.25) is 0 Å². The van der Waals surface area contributed by atoms with Crippen LogP contribution in [0.25, 0.3) is 0 Å². The molecule has 0 saturated heterocycles. The summed E-state index contributed by atoms with van der Waals surface area (Å²) in [6.45, 7) is 0.614. The third-order valence-electron chi connectivity index (χ3n) is 3.66. The lowest BCUT2D eigenvalue weighted by atomic mass is 10.3. The summed E-state index contributed by atoms with van der Waals surface area (Å²) in [5.41, 5.74) is -1.92. The molecule has 29 heavy (non-hydrogen) atoms. The quantitative estimate of drug-likeness (QED) is 0.307. The first-order chi connectivity index (χ1) is 13.7. The molecule has 0 saturated carbocycles. The van der Waals surface area contributed by atoms with Gasteiger partial charge in [0.05, 0.1) is 0 Å². The molecule has 0 spiro atoms. The molecule has 0 radical (unpaired) electrons. The molecule has 2 aromatic heterocycles. The fourth-order valence-corrected chi connectivity index (χ4v) is 2.26. The Morgan fingerprint density at radius 3 is 1.10 bits per heavy atom. The van der Waals surface area contributed by atoms with E-state index in [1.807, 2.05) is 0 Å². The summed E-state index contributed by atoms with van der Waals surface area (Å²) in [4.78, 5) is 4.86. The molecule has 3 N–H and O–H groups in total. The van der Waals surface area contributed by atoms with Crippen LogP contribution in [-0.2, 0) is 0 Å². The van der Waals surface area contributed by atoms with Crippen molar-refractivity contribution in [3.63, 3.8) is 0 Å². The largest absolute Gasteiger partial charge is 0.380 e. The zero-order valence-corrected chi connectivity index (χ0v) is 14.7. The summed E-state index contributed by atoms with van der Waals surface area (Å²) in [7, 11) is 0. The molecule has 0 bridgehead atoms. The molecule has 0 aliphatic carbocycles. The standard InChI is InChI=1S/C16H15F8N5/c17-7-11(8(18)14(22)28-13(7)21)26-5-1-3-25-4-2-6-27-12-9(19)15(23)29-16(24)10(12)20/h25H,1-6H2,(H,26,28)(H,27,29). The summed E-state index contributed by atoms with van der Waals surface area (Å²) < 4.78 is 105. The van der Waals surface area contributed by atoms with E-state index < -0.39 is 58.4 Å². The summed E-state index contributed by atoms with van der Waals surface area (Å²) in [5, 5.41) is 7.34. The molecule has 0 aromatic carbocycles. The molecule has 0 aliphatic heterocycles. The predicted molar refractivity (Wildman–Crippen MR) is 87.2 cm³/mol. The second kappa shape index (κ2) is 10.2. The number of hydrogen-bond acceptors (Lipinski definition) is 5. The van der Waals surface area contributed by atoms with Crippen LogP contribution in [0.3, 0.4) is 0 Å². The van der Waals surface area contributed by atoms with Gasteiger partial charge in [0.2, 0.25) is 23.3 Å². The van der Waals surface area contributed by atoms with Gasteiger partial charge in [0.25, 0.3) is 23.8 Å². The highest BCUT2D eigenvalue weighted by Crippen LogP contribution is 2.22. The number of anilines is 2. The van der Waals surface area contributed by atoms with Crippen molar-refractivity contribution in [2.24, 2.45) is 0 Å². The lowest BCUT2D eigenvalue weighted by Gasteiger charge is -2.11. The average Bonchev–Trinajstić information content (AvgIpc) is 2.68. The second-order valence-corrected chi connectivity index (χ2v) is 5.70. The predicted octanol–water partition coefficient (Wildman–Crippen LogP) is 3.48. The van der Waals surface area contributed by atoms with Gasteiger partial charge in [0.15, 0.2) is 0 Å². The van der Waals surface area contributed by atoms with Gasteiger partial charge in [0, 0.05) is 13.1 Å². The van der Waals surface area contributed by atoms with Gasteiger partial charge < -0.3 is 16.0 Å². The van der Waals surface area contributed by atoms with Gasteiger partial charge in [-0.05, 0) is 25.9 Å². The number of aromatic nitrogens is 2. The third kappa shape index (κ3) is 5.65. The van der Waals surface area contributed by atoms with E-state index in [9.17, 15) is 35.1 Å². The van der Waals surface area contributed by atoms with Crippen molar-refractivity contribution in [2.45, 2.75) is 12.8 Å². The molecule has 13 heteroatoms. The van der Waals surface area contributed by atoms with Crippen molar-refractivity contribution < 1.29 is 35.1 Å². The van der Waals surface area contributed by atoms with E-state index in [4.69, 9.17) is 0 Å². The Morgan fingerprint density at radius 2 is 0.793 bits per heavy atom. The molecule has 2 rings (SSSR count). The minimum Gasteiger partial charge on any atom is -0.380 e. The number of halogens is 8. The number of nitrogens with zero attached hydrogens (tertiary/aromatic N) is 2. The molecule has 2 heterocycles. The fraction of sp³-hybridized carbons (Fsp3) is 0.375. The van der Waals surface area contributed by atoms with Gasteiger partial charge in [0.1, 0.15) is 11.4 Å². The second-order valence-electron chi connectivity index (χ2n) is 5.70. The summed E-state index contributed by atoms with van der Waals surface area (Å²) >= 11 is 0. The Kier molecular flexibility index (Phi) is 7.93. The Bertz CT molecular complexity index is 742. The van der Waals surface area contributed by atoms with Gasteiger partial charge in [-0.15, -0.1) is 0 Å². The van der Waals surface area contributed by atoms with E-state index in [-0.39, 0.29) is 13.1 Å². The van der Waals surface area contributed by atoms with E-state index in [2.05, 4.69) is 25.9 Å². The summed E-state index contributed by atoms with van der Waals surface area (Å²) in [6.07, 6.45) is 0.615. The van der Waals surface area contributed by atoms with Crippen molar-refractivity contribution in [3.8, 4) is 0 Å². The normalized spacial score (nSPS) is 11.0. The lowest BCUT2D eigenvalue weighted by Crippen LogP contribution is -2.22. The smallest absolute Gasteiger partial charge is 0.253 e. The van der Waals surface area contributed by atoms with Gasteiger partial charge in [-0.2, -0.15) is 45.1 Å². The first-order valence-corrected chi connectivity index (χ1v) is 8.32. The first kappa shape index (κ1) is 22.6. The third-order valence-corrected chi connectivity index (χ3v) is 3.66. The molecule has 2 aromatic rings. The van der Waals surface area contributed by atoms with Crippen molar-refractivity contribution in [1.82, 2.24) is 15.3 Å². The van der Waals surface area contributed by atoms with Gasteiger partial charge >= 0.3 is 0 Å². The average molecular weight is 429 g/mol. The highest BCUT2D eigenvalue weighted by molar-refractivity contribution is 5.45. The van der Waals surface area contributed by atoms with E-state index in [0.29, 0.717) is 25.9 Å². The topological polar surface area (TPSA) is 61.9 Å². The number of pyridine rings is 2. The maximum absolute atomic E-state index is 13.4. The van der Waals surface area contributed by atoms with E-state index in [1.165, 1.54) is 0 Å². The van der Waals surface area contributed by atoms with Crippen molar-refractivity contribution in [3.05, 3.63) is 47.1 Å². The molecule has 5 nitrogen and oxygen atoms in total. The molecular weight excluding hydrogens is 414 g/mol. The monoisotopic (exact) mass is 429 g/mol. The first-order valence-electron chi connectivity index (χ1n) is 8.32. The summed E-state index contributed by atoms with van der Waals surface area (Å²) in [5.74, 6) is -13.6. The molecule has 0 amide bonds. The number of nitrogens with one attached hydrogen (secondary N) is 3. The van der Waals surface area contributed by atoms with Crippen molar-refractivity contribution in [2.75, 3.05) is 36.8 Å². The van der Waals surface area contributed by atoms with Crippen LogP contribution < -0.4 is 16.0 Å². The molecule has 0 atom stereocenters. The fourth-order valence-electron chi connectivity index (χ4n) is 2.26. The molecule has 0 fully saturated rings. The zero-order valence-electron chi connectivity index (χ0n) is 14.7. The lowest BCUT2D eigenvalue weighted by molar-refractivity contribution is 0.410. The van der Waals surface area contributed by atoms with Gasteiger partial charge in [-0.3, -0.25) is 0 Å². The van der Waals surface area contributed by atoms with Crippen LogP contribution in [0.4, 0.5) is 46.5 Å². The number of rotatable bonds is 10. The van der Waals surface area contributed by atoms with Gasteiger partial charge in [-0.1, -0.05) is 0 Å². The van der Waals surface area contributed by atoms with Crippen LogP contribution in [0.15, 0.2) is 0 Å². The van der Waals surface area contributed by atoms with Crippen molar-refractivity contribution >= 4 is 11.4 Å². The van der Waals surface area contributed by atoms with Crippen LogP contribution in [0, 0.1) is 47.1 Å². The van der Waals surface area contributed by atoms with Crippen LogP contribution in [0.5, 0.6) is 0 Å². The minimum atomic E-state index is -1.76. The van der Waals surface area contributed by atoms with E-state index in [0.717, 1.165) is 0 Å². The van der Waals surface area contributed by atoms with Gasteiger partial charge in [-0.25, -0.2) is 0 Å². The van der Waals surface area contributed by atoms with Crippen LogP contribution >= 0.6 is 0 Å².